The average molecular weight is 510 g/mol. The second-order valence-electron chi connectivity index (χ2n) is 9.25. The number of halogens is 3. The second-order valence-corrected chi connectivity index (χ2v) is 10.5. The standard InChI is InChI=1S/C28H23Cl3N2O/c29-21-7-4-18(5-8-21)27-24(23-11-9-22(30)13-26(23)31)10-6-20-15-33(16-25(20)27)28(34)19-3-1-2-17(12-19)14-32/h1-5,7-9,11-13,20,24-25,27H,6,10,15-16H2. The van der Waals surface area contributed by atoms with Crippen LogP contribution in [0.25, 0.3) is 0 Å². The van der Waals surface area contributed by atoms with Gasteiger partial charge < -0.3 is 4.90 Å². The van der Waals surface area contributed by atoms with Crippen LogP contribution >= 0.6 is 34.8 Å². The zero-order valence-corrected chi connectivity index (χ0v) is 20.7. The van der Waals surface area contributed by atoms with Crippen molar-refractivity contribution < 1.29 is 4.79 Å². The molecule has 6 heteroatoms. The quantitative estimate of drug-likeness (QED) is 0.365. The summed E-state index contributed by atoms with van der Waals surface area (Å²) in [6.45, 7) is 1.40. The molecule has 2 fully saturated rings. The smallest absolute Gasteiger partial charge is 0.253 e. The van der Waals surface area contributed by atoms with Crippen molar-refractivity contribution in [2.45, 2.75) is 24.7 Å². The summed E-state index contributed by atoms with van der Waals surface area (Å²) in [6.07, 6.45) is 2.02. The first-order valence-corrected chi connectivity index (χ1v) is 12.6. The van der Waals surface area contributed by atoms with Gasteiger partial charge in [-0.15, -0.1) is 0 Å². The van der Waals surface area contributed by atoms with E-state index < -0.39 is 0 Å². The Morgan fingerprint density at radius 2 is 1.68 bits per heavy atom. The Labute approximate surface area is 214 Å². The highest BCUT2D eigenvalue weighted by atomic mass is 35.5. The Bertz CT molecular complexity index is 1270. The number of likely N-dealkylation sites (tertiary alicyclic amines) is 1. The van der Waals surface area contributed by atoms with Gasteiger partial charge in [-0.3, -0.25) is 4.79 Å². The summed E-state index contributed by atoms with van der Waals surface area (Å²) < 4.78 is 0. The zero-order valence-electron chi connectivity index (χ0n) is 18.4. The molecule has 1 amide bonds. The number of carbonyl (C=O) groups excluding carboxylic acids is 1. The predicted molar refractivity (Wildman–Crippen MR) is 137 cm³/mol. The minimum atomic E-state index is -0.0116. The topological polar surface area (TPSA) is 44.1 Å². The lowest BCUT2D eigenvalue weighted by Crippen LogP contribution is -2.32. The summed E-state index contributed by atoms with van der Waals surface area (Å²) >= 11 is 19.1. The molecule has 0 radical (unpaired) electrons. The van der Waals surface area contributed by atoms with Crippen LogP contribution in [0.1, 0.15) is 51.7 Å². The zero-order chi connectivity index (χ0) is 23.8. The lowest BCUT2D eigenvalue weighted by Gasteiger charge is -2.40. The molecule has 0 aromatic heterocycles. The van der Waals surface area contributed by atoms with E-state index in [1.807, 2.05) is 35.2 Å². The molecule has 3 nitrogen and oxygen atoms in total. The highest BCUT2D eigenvalue weighted by Gasteiger charge is 2.47. The lowest BCUT2D eigenvalue weighted by atomic mass is 9.63. The molecule has 2 aliphatic rings. The van der Waals surface area contributed by atoms with Crippen LogP contribution in [-0.4, -0.2) is 23.9 Å². The van der Waals surface area contributed by atoms with Crippen molar-refractivity contribution in [1.82, 2.24) is 4.90 Å². The van der Waals surface area contributed by atoms with Gasteiger partial charge in [0.1, 0.15) is 0 Å². The van der Waals surface area contributed by atoms with E-state index in [4.69, 9.17) is 34.8 Å². The number of fused-ring (bicyclic) bond motifs is 1. The Morgan fingerprint density at radius 1 is 0.912 bits per heavy atom. The van der Waals surface area contributed by atoms with Crippen molar-refractivity contribution in [3.05, 3.63) is 104 Å². The molecule has 4 atom stereocenters. The SMILES string of the molecule is N#Cc1cccc(C(=O)N2CC3CCC(c4ccc(Cl)cc4Cl)C(c4ccc(Cl)cc4)C3C2)c1. The summed E-state index contributed by atoms with van der Waals surface area (Å²) in [7, 11) is 0. The van der Waals surface area contributed by atoms with Gasteiger partial charge in [0.15, 0.2) is 0 Å². The number of rotatable bonds is 3. The second kappa shape index (κ2) is 9.62. The molecule has 1 heterocycles. The molecule has 1 aliphatic carbocycles. The molecule has 1 saturated carbocycles. The monoisotopic (exact) mass is 508 g/mol. The maximum Gasteiger partial charge on any atom is 0.253 e. The van der Waals surface area contributed by atoms with Crippen LogP contribution in [0, 0.1) is 23.2 Å². The van der Waals surface area contributed by atoms with Gasteiger partial charge in [0, 0.05) is 33.7 Å². The maximum absolute atomic E-state index is 13.4. The average Bonchev–Trinajstić information content (AvgIpc) is 3.28. The van der Waals surface area contributed by atoms with Gasteiger partial charge in [0.2, 0.25) is 0 Å². The fourth-order valence-electron chi connectivity index (χ4n) is 5.87. The van der Waals surface area contributed by atoms with Gasteiger partial charge in [-0.25, -0.2) is 0 Å². The summed E-state index contributed by atoms with van der Waals surface area (Å²) in [4.78, 5) is 15.3. The summed E-state index contributed by atoms with van der Waals surface area (Å²) in [6, 6.07) is 22.9. The van der Waals surface area contributed by atoms with Crippen molar-refractivity contribution >= 4 is 40.7 Å². The highest BCUT2D eigenvalue weighted by Crippen LogP contribution is 2.53. The third kappa shape index (κ3) is 4.43. The maximum atomic E-state index is 13.4. The van der Waals surface area contributed by atoms with E-state index in [9.17, 15) is 10.1 Å². The summed E-state index contributed by atoms with van der Waals surface area (Å²) in [5.41, 5.74) is 3.39. The molecule has 4 unspecified atom stereocenters. The van der Waals surface area contributed by atoms with Crippen LogP contribution in [0.3, 0.4) is 0 Å². The molecule has 172 valence electrons. The van der Waals surface area contributed by atoms with E-state index in [2.05, 4.69) is 18.2 Å². The van der Waals surface area contributed by atoms with Gasteiger partial charge in [-0.2, -0.15) is 5.26 Å². The Hall–Kier alpha value is -2.51. The van der Waals surface area contributed by atoms with Crippen molar-refractivity contribution in [3.63, 3.8) is 0 Å². The fourth-order valence-corrected chi connectivity index (χ4v) is 6.54. The normalized spacial score (nSPS) is 23.9. The number of benzene rings is 3. The molecule has 3 aromatic rings. The molecule has 0 bridgehead atoms. The van der Waals surface area contributed by atoms with E-state index in [-0.39, 0.29) is 17.7 Å². The first-order chi connectivity index (χ1) is 16.4. The lowest BCUT2D eigenvalue weighted by molar-refractivity contribution is 0.0783. The molecule has 3 aromatic carbocycles. The number of nitrogens with zero attached hydrogens (tertiary/aromatic N) is 2. The fraction of sp³-hybridized carbons (Fsp3) is 0.286. The molecular formula is C28H23Cl3N2O. The highest BCUT2D eigenvalue weighted by molar-refractivity contribution is 6.35. The molecule has 0 N–H and O–H groups in total. The third-order valence-corrected chi connectivity index (χ3v) is 8.19. The van der Waals surface area contributed by atoms with Crippen LogP contribution in [0.15, 0.2) is 66.7 Å². The molecule has 34 heavy (non-hydrogen) atoms. The first kappa shape index (κ1) is 23.2. The van der Waals surface area contributed by atoms with Gasteiger partial charge in [0.05, 0.1) is 11.6 Å². The van der Waals surface area contributed by atoms with Crippen LogP contribution in [0.2, 0.25) is 15.1 Å². The van der Waals surface area contributed by atoms with Gasteiger partial charge in [-0.1, -0.05) is 59.1 Å². The van der Waals surface area contributed by atoms with Crippen LogP contribution in [0.5, 0.6) is 0 Å². The van der Waals surface area contributed by atoms with Crippen LogP contribution in [-0.2, 0) is 0 Å². The van der Waals surface area contributed by atoms with Crippen LogP contribution in [0.4, 0.5) is 0 Å². The molecule has 1 aliphatic heterocycles. The minimum absolute atomic E-state index is 0.0116. The van der Waals surface area contributed by atoms with E-state index >= 15 is 0 Å². The first-order valence-electron chi connectivity index (χ1n) is 11.4. The summed E-state index contributed by atoms with van der Waals surface area (Å²) in [5.74, 6) is 1.13. The minimum Gasteiger partial charge on any atom is -0.338 e. The molecular weight excluding hydrogens is 487 g/mol. The number of amides is 1. The van der Waals surface area contributed by atoms with E-state index in [1.165, 1.54) is 5.56 Å². The number of hydrogen-bond acceptors (Lipinski definition) is 2. The van der Waals surface area contributed by atoms with Crippen molar-refractivity contribution in [2.24, 2.45) is 11.8 Å². The van der Waals surface area contributed by atoms with Gasteiger partial charge in [-0.05, 0) is 90.1 Å². The third-order valence-electron chi connectivity index (χ3n) is 7.38. The van der Waals surface area contributed by atoms with Gasteiger partial charge in [0.25, 0.3) is 5.91 Å². The largest absolute Gasteiger partial charge is 0.338 e. The van der Waals surface area contributed by atoms with Crippen molar-refractivity contribution in [3.8, 4) is 6.07 Å². The van der Waals surface area contributed by atoms with E-state index in [0.29, 0.717) is 44.6 Å². The predicted octanol–water partition coefficient (Wildman–Crippen LogP) is 7.57. The van der Waals surface area contributed by atoms with E-state index in [1.54, 1.807) is 24.3 Å². The van der Waals surface area contributed by atoms with Crippen molar-refractivity contribution in [2.75, 3.05) is 13.1 Å². The number of hydrogen-bond donors (Lipinski definition) is 0. The number of carbonyl (C=O) groups is 1. The molecule has 5 rings (SSSR count). The van der Waals surface area contributed by atoms with Crippen molar-refractivity contribution in [1.29, 1.82) is 5.26 Å². The summed E-state index contributed by atoms with van der Waals surface area (Å²) in [5, 5.41) is 11.3. The molecule has 1 saturated heterocycles. The Balaban J connectivity index is 1.49. The number of nitriles is 1. The van der Waals surface area contributed by atoms with Gasteiger partial charge >= 0.3 is 0 Å². The van der Waals surface area contributed by atoms with E-state index in [0.717, 1.165) is 24.9 Å². The van der Waals surface area contributed by atoms with Crippen LogP contribution < -0.4 is 0 Å². The molecule has 0 spiro atoms. The Morgan fingerprint density at radius 3 is 2.41 bits per heavy atom. The Kier molecular flexibility index (Phi) is 6.58.